The number of hydrogen-bond acceptors (Lipinski definition) is 5. The molecule has 1 aromatic heterocycles. The highest BCUT2D eigenvalue weighted by atomic mass is 16.5. The molecule has 0 saturated carbocycles. The number of benzene rings is 1. The van der Waals surface area contributed by atoms with Crippen molar-refractivity contribution in [1.29, 1.82) is 0 Å². The Kier molecular flexibility index (Phi) is 6.61. The summed E-state index contributed by atoms with van der Waals surface area (Å²) < 4.78 is 5.28. The lowest BCUT2D eigenvalue weighted by molar-refractivity contribution is -0.164. The first-order chi connectivity index (χ1) is 15.7. The summed E-state index contributed by atoms with van der Waals surface area (Å²) in [4.78, 5) is 30.4. The lowest BCUT2D eigenvalue weighted by Gasteiger charge is -2.51. The molecule has 2 amide bonds. The zero-order valence-electron chi connectivity index (χ0n) is 20.0. The van der Waals surface area contributed by atoms with Crippen LogP contribution < -0.4 is 0 Å². The monoisotopic (exact) mass is 453 g/mol. The van der Waals surface area contributed by atoms with Crippen molar-refractivity contribution in [3.63, 3.8) is 0 Å². The summed E-state index contributed by atoms with van der Waals surface area (Å²) in [6, 6.07) is 11.2. The Bertz CT molecular complexity index is 976. The predicted octanol–water partition coefficient (Wildman–Crippen LogP) is 4.01. The minimum absolute atomic E-state index is 0.101. The fourth-order valence-corrected chi connectivity index (χ4v) is 5.25. The smallest absolute Gasteiger partial charge is 0.292 e. The average Bonchev–Trinajstić information content (AvgIpc) is 3.29. The van der Waals surface area contributed by atoms with Crippen LogP contribution in [0.15, 0.2) is 40.9 Å². The van der Waals surface area contributed by atoms with E-state index in [2.05, 4.69) is 19.0 Å². The van der Waals surface area contributed by atoms with Gasteiger partial charge in [-0.15, -0.1) is 0 Å². The number of hydrogen-bond donors (Lipinski definition) is 1. The van der Waals surface area contributed by atoms with E-state index in [9.17, 15) is 14.7 Å². The number of nitrogens with zero attached hydrogens (tertiary/aromatic N) is 3. The van der Waals surface area contributed by atoms with Crippen molar-refractivity contribution in [2.75, 3.05) is 19.6 Å². The molecule has 1 N–H and O–H groups in total. The number of carbonyl (C=O) groups is 2. The van der Waals surface area contributed by atoms with Crippen LogP contribution in [0.3, 0.4) is 0 Å². The molecule has 0 radical (unpaired) electrons. The first-order valence-corrected chi connectivity index (χ1v) is 12.0. The van der Waals surface area contributed by atoms with Crippen LogP contribution in [0, 0.1) is 11.3 Å². The third-order valence-corrected chi connectivity index (χ3v) is 7.06. The van der Waals surface area contributed by atoms with E-state index >= 15 is 0 Å². The maximum absolute atomic E-state index is 13.9. The minimum Gasteiger partial charge on any atom is -0.391 e. The van der Waals surface area contributed by atoms with Gasteiger partial charge in [-0.25, -0.2) is 0 Å². The second kappa shape index (κ2) is 9.29. The molecule has 1 aromatic carbocycles. The molecule has 3 heterocycles. The van der Waals surface area contributed by atoms with E-state index < -0.39 is 11.5 Å². The summed E-state index contributed by atoms with van der Waals surface area (Å²) in [5.74, 6) is 0.630. The molecule has 0 bridgehead atoms. The standard InChI is InChI=1S/C26H35N3O4/c1-17(2)16-29-23(19-8-6-5-7-9-19)21(30)15-26(25(29)32)10-12-28(13-11-26)24(31)22-14-20(18(3)4)27-33-22/h5-9,14,17-18,21,23,30H,10-13,15-16H2,1-4H3/t21-,23+/m1/s1. The topological polar surface area (TPSA) is 86.9 Å². The summed E-state index contributed by atoms with van der Waals surface area (Å²) in [6.45, 7) is 9.70. The Morgan fingerprint density at radius 2 is 1.85 bits per heavy atom. The van der Waals surface area contributed by atoms with E-state index in [1.807, 2.05) is 49.1 Å². The van der Waals surface area contributed by atoms with Crippen LogP contribution in [0.25, 0.3) is 0 Å². The van der Waals surface area contributed by atoms with Crippen LogP contribution in [0.1, 0.15) is 80.7 Å². The van der Waals surface area contributed by atoms with E-state index in [0.717, 1.165) is 11.3 Å². The molecule has 7 heteroatoms. The Labute approximate surface area is 195 Å². The zero-order valence-corrected chi connectivity index (χ0v) is 20.0. The van der Waals surface area contributed by atoms with Gasteiger partial charge in [0.1, 0.15) is 0 Å². The highest BCUT2D eigenvalue weighted by Gasteiger charge is 2.52. The molecule has 0 aliphatic carbocycles. The Morgan fingerprint density at radius 3 is 2.42 bits per heavy atom. The van der Waals surface area contributed by atoms with Crippen LogP contribution in [0.4, 0.5) is 0 Å². The molecule has 2 aliphatic heterocycles. The number of rotatable bonds is 5. The predicted molar refractivity (Wildman–Crippen MR) is 125 cm³/mol. The number of piperidine rings is 2. The molecule has 2 saturated heterocycles. The van der Waals surface area contributed by atoms with Gasteiger partial charge in [-0.05, 0) is 36.7 Å². The maximum atomic E-state index is 13.9. The largest absolute Gasteiger partial charge is 0.391 e. The molecule has 2 aromatic rings. The SMILES string of the molecule is CC(C)CN1C(=O)C2(CCN(C(=O)c3cc(C(C)C)no3)CC2)C[C@@H](O)[C@@H]1c1ccccc1. The number of carbonyl (C=O) groups excluding carboxylic acids is 2. The van der Waals surface area contributed by atoms with Gasteiger partial charge < -0.3 is 19.4 Å². The van der Waals surface area contributed by atoms with Crippen molar-refractivity contribution in [1.82, 2.24) is 15.0 Å². The quantitative estimate of drug-likeness (QED) is 0.739. The lowest BCUT2D eigenvalue weighted by Crippen LogP contribution is -2.59. The number of amides is 2. The van der Waals surface area contributed by atoms with Crippen LogP contribution >= 0.6 is 0 Å². The molecular weight excluding hydrogens is 418 g/mol. The van der Waals surface area contributed by atoms with E-state index in [4.69, 9.17) is 4.52 Å². The van der Waals surface area contributed by atoms with Crippen molar-refractivity contribution >= 4 is 11.8 Å². The van der Waals surface area contributed by atoms with Gasteiger partial charge in [0, 0.05) is 25.7 Å². The van der Waals surface area contributed by atoms with Crippen molar-refractivity contribution in [2.45, 2.75) is 65.0 Å². The second-order valence-corrected chi connectivity index (χ2v) is 10.3. The van der Waals surface area contributed by atoms with Gasteiger partial charge in [0.2, 0.25) is 11.7 Å². The molecule has 1 spiro atoms. The molecule has 4 rings (SSSR count). The summed E-state index contributed by atoms with van der Waals surface area (Å²) in [5, 5.41) is 15.2. The molecule has 2 atom stereocenters. The van der Waals surface area contributed by atoms with Gasteiger partial charge >= 0.3 is 0 Å². The second-order valence-electron chi connectivity index (χ2n) is 10.3. The third kappa shape index (κ3) is 4.56. The molecule has 2 fully saturated rings. The van der Waals surface area contributed by atoms with Crippen molar-refractivity contribution < 1.29 is 19.2 Å². The summed E-state index contributed by atoms with van der Waals surface area (Å²) in [7, 11) is 0. The van der Waals surface area contributed by atoms with E-state index in [-0.39, 0.29) is 35.5 Å². The van der Waals surface area contributed by atoms with E-state index in [1.54, 1.807) is 11.0 Å². The highest BCUT2D eigenvalue weighted by Crippen LogP contribution is 2.47. The van der Waals surface area contributed by atoms with Gasteiger partial charge in [0.25, 0.3) is 5.91 Å². The van der Waals surface area contributed by atoms with Crippen LogP contribution in [0.5, 0.6) is 0 Å². The lowest BCUT2D eigenvalue weighted by atomic mass is 9.68. The molecule has 178 valence electrons. The first-order valence-electron chi connectivity index (χ1n) is 12.0. The molecule has 33 heavy (non-hydrogen) atoms. The minimum atomic E-state index is -0.644. The summed E-state index contributed by atoms with van der Waals surface area (Å²) in [6.07, 6.45) is 0.849. The van der Waals surface area contributed by atoms with Gasteiger partial charge in [-0.1, -0.05) is 63.2 Å². The van der Waals surface area contributed by atoms with Crippen molar-refractivity contribution in [3.05, 3.63) is 53.4 Å². The number of aliphatic hydroxyl groups is 1. The maximum Gasteiger partial charge on any atom is 0.292 e. The highest BCUT2D eigenvalue weighted by molar-refractivity contribution is 5.92. The Morgan fingerprint density at radius 1 is 1.18 bits per heavy atom. The first kappa shape index (κ1) is 23.5. The average molecular weight is 454 g/mol. The van der Waals surface area contributed by atoms with Gasteiger partial charge in [0.05, 0.1) is 23.3 Å². The van der Waals surface area contributed by atoms with Gasteiger partial charge in [0.15, 0.2) is 0 Å². The van der Waals surface area contributed by atoms with Crippen molar-refractivity contribution in [3.8, 4) is 0 Å². The molecule has 7 nitrogen and oxygen atoms in total. The van der Waals surface area contributed by atoms with Gasteiger partial charge in [-0.2, -0.15) is 0 Å². The fraction of sp³-hybridized carbons (Fsp3) is 0.577. The molecule has 2 aliphatic rings. The third-order valence-electron chi connectivity index (χ3n) is 7.06. The fourth-order valence-electron chi connectivity index (χ4n) is 5.25. The Hall–Kier alpha value is -2.67. The molecular formula is C26H35N3O4. The summed E-state index contributed by atoms with van der Waals surface area (Å²) in [5.41, 5.74) is 1.09. The molecule has 0 unspecified atom stereocenters. The Balaban J connectivity index is 1.52. The van der Waals surface area contributed by atoms with Crippen LogP contribution in [0.2, 0.25) is 0 Å². The zero-order chi connectivity index (χ0) is 23.8. The van der Waals surface area contributed by atoms with Crippen molar-refractivity contribution in [2.24, 2.45) is 11.3 Å². The van der Waals surface area contributed by atoms with E-state index in [1.165, 1.54) is 0 Å². The number of likely N-dealkylation sites (tertiary alicyclic amines) is 2. The van der Waals surface area contributed by atoms with E-state index in [0.29, 0.717) is 38.9 Å². The number of aromatic nitrogens is 1. The van der Waals surface area contributed by atoms with Crippen LogP contribution in [-0.4, -0.2) is 57.6 Å². The summed E-state index contributed by atoms with van der Waals surface area (Å²) >= 11 is 0. The number of aliphatic hydroxyl groups excluding tert-OH is 1. The van der Waals surface area contributed by atoms with Gasteiger partial charge in [-0.3, -0.25) is 9.59 Å². The van der Waals surface area contributed by atoms with Crippen LogP contribution in [-0.2, 0) is 4.79 Å². The normalized spacial score (nSPS) is 23.1.